The quantitative estimate of drug-likeness (QED) is 0.225. The maximum absolute atomic E-state index is 2.53. The molecule has 2 aliphatic carbocycles. The molecule has 0 radical (unpaired) electrons. The van der Waals surface area contributed by atoms with E-state index in [9.17, 15) is 0 Å². The maximum Gasteiger partial charge on any atom is 0.104 e. The fourth-order valence-corrected chi connectivity index (χ4v) is 8.97. The molecule has 0 bridgehead atoms. The SMILES string of the molecule is CC1CCCC(C)(C)C1CCC(C)[N+](C)(C)Cc1ccc(C[N+](C)(C)C(C)CCC2C(C)CCCC2(C)C)cc1. The van der Waals surface area contributed by atoms with E-state index < -0.39 is 0 Å². The van der Waals surface area contributed by atoms with E-state index in [-0.39, 0.29) is 0 Å². The van der Waals surface area contributed by atoms with E-state index in [0.717, 1.165) is 45.7 Å². The second-order valence-corrected chi connectivity index (χ2v) is 17.5. The Balaban J connectivity index is 1.52. The van der Waals surface area contributed by atoms with Gasteiger partial charge in [0.15, 0.2) is 0 Å². The first-order valence-corrected chi connectivity index (χ1v) is 17.2. The van der Waals surface area contributed by atoms with Gasteiger partial charge in [0.1, 0.15) is 13.1 Å². The molecule has 6 atom stereocenters. The Morgan fingerprint density at radius 2 is 0.975 bits per heavy atom. The number of hydrogen-bond donors (Lipinski definition) is 0. The second kappa shape index (κ2) is 13.2. The van der Waals surface area contributed by atoms with Crippen molar-refractivity contribution >= 4 is 0 Å². The first kappa shape index (κ1) is 33.6. The summed E-state index contributed by atoms with van der Waals surface area (Å²) in [6.07, 6.45) is 14.0. The van der Waals surface area contributed by atoms with E-state index in [1.807, 2.05) is 0 Å². The summed E-state index contributed by atoms with van der Waals surface area (Å²) >= 11 is 0. The zero-order valence-electron chi connectivity index (χ0n) is 29.2. The molecule has 3 rings (SSSR count). The molecule has 0 aliphatic heterocycles. The molecule has 2 fully saturated rings. The molecule has 2 saturated carbocycles. The molecule has 0 aromatic heterocycles. The predicted octanol–water partition coefficient (Wildman–Crippen LogP) is 10.1. The van der Waals surface area contributed by atoms with Gasteiger partial charge in [0.25, 0.3) is 0 Å². The molecule has 0 saturated heterocycles. The van der Waals surface area contributed by atoms with Crippen LogP contribution in [0.4, 0.5) is 0 Å². The molecule has 6 unspecified atom stereocenters. The van der Waals surface area contributed by atoms with Crippen molar-refractivity contribution in [2.24, 2.45) is 34.5 Å². The van der Waals surface area contributed by atoms with Crippen LogP contribution >= 0.6 is 0 Å². The standard InChI is InChI=1S/C38H70N2/c1-29-15-13-25-37(5,6)35(29)23-17-31(3)39(9,10)27-33-19-21-34(22-20-33)28-40(11,12)32(4)18-24-36-30(2)16-14-26-38(36,7)8/h19-22,29-32,35-36H,13-18,23-28H2,1-12H3/q+2. The molecular weight excluding hydrogens is 484 g/mol. The van der Waals surface area contributed by atoms with Gasteiger partial charge < -0.3 is 8.97 Å². The Bertz CT molecular complexity index is 833. The van der Waals surface area contributed by atoms with Crippen molar-refractivity contribution in [2.75, 3.05) is 28.2 Å². The third-order valence-corrected chi connectivity index (χ3v) is 12.7. The molecule has 2 aliphatic rings. The second-order valence-electron chi connectivity index (χ2n) is 17.5. The first-order chi connectivity index (χ1) is 18.4. The van der Waals surface area contributed by atoms with Crippen molar-refractivity contribution < 1.29 is 8.97 Å². The normalized spacial score (nSPS) is 28.7. The summed E-state index contributed by atoms with van der Waals surface area (Å²) in [7, 11) is 9.79. The highest BCUT2D eigenvalue weighted by atomic mass is 15.3. The highest BCUT2D eigenvalue weighted by Crippen LogP contribution is 2.47. The summed E-state index contributed by atoms with van der Waals surface area (Å²) in [5, 5.41) is 0. The van der Waals surface area contributed by atoms with Crippen molar-refractivity contribution in [1.29, 1.82) is 0 Å². The van der Waals surface area contributed by atoms with Crippen LogP contribution in [0.25, 0.3) is 0 Å². The van der Waals surface area contributed by atoms with Crippen molar-refractivity contribution in [3.05, 3.63) is 35.4 Å². The van der Waals surface area contributed by atoms with Crippen LogP contribution in [0.5, 0.6) is 0 Å². The van der Waals surface area contributed by atoms with Crippen molar-refractivity contribution in [3.63, 3.8) is 0 Å². The van der Waals surface area contributed by atoms with Gasteiger partial charge in [-0.3, -0.25) is 0 Å². The van der Waals surface area contributed by atoms with E-state index in [1.54, 1.807) is 0 Å². The number of benzene rings is 1. The molecule has 40 heavy (non-hydrogen) atoms. The van der Waals surface area contributed by atoms with Crippen LogP contribution in [-0.4, -0.2) is 49.2 Å². The van der Waals surface area contributed by atoms with Crippen LogP contribution in [-0.2, 0) is 13.1 Å². The molecule has 1 aromatic carbocycles. The summed E-state index contributed by atoms with van der Waals surface area (Å²) in [6.45, 7) is 22.3. The molecule has 230 valence electrons. The fraction of sp³-hybridized carbons (Fsp3) is 0.842. The predicted molar refractivity (Wildman–Crippen MR) is 176 cm³/mol. The zero-order valence-corrected chi connectivity index (χ0v) is 29.2. The fourth-order valence-electron chi connectivity index (χ4n) is 8.97. The van der Waals surface area contributed by atoms with E-state index in [0.29, 0.717) is 22.9 Å². The Kier molecular flexibility index (Phi) is 11.1. The van der Waals surface area contributed by atoms with Crippen LogP contribution in [0.2, 0.25) is 0 Å². The minimum absolute atomic E-state index is 0.513. The molecule has 2 nitrogen and oxygen atoms in total. The monoisotopic (exact) mass is 555 g/mol. The molecule has 0 heterocycles. The van der Waals surface area contributed by atoms with Gasteiger partial charge in [0.2, 0.25) is 0 Å². The molecular formula is C38H70N2+2. The molecule has 0 N–H and O–H groups in total. The third-order valence-electron chi connectivity index (χ3n) is 12.7. The van der Waals surface area contributed by atoms with Crippen molar-refractivity contribution in [2.45, 2.75) is 145 Å². The lowest BCUT2D eigenvalue weighted by molar-refractivity contribution is -0.926. The number of hydrogen-bond acceptors (Lipinski definition) is 0. The first-order valence-electron chi connectivity index (χ1n) is 17.2. The average molecular weight is 555 g/mol. The number of rotatable bonds is 12. The highest BCUT2D eigenvalue weighted by molar-refractivity contribution is 5.21. The van der Waals surface area contributed by atoms with E-state index >= 15 is 0 Å². The number of quaternary nitrogens is 2. The minimum Gasteiger partial charge on any atom is -0.323 e. The lowest BCUT2D eigenvalue weighted by atomic mass is 9.62. The Morgan fingerprint density at radius 3 is 1.27 bits per heavy atom. The van der Waals surface area contributed by atoms with Gasteiger partial charge in [0.05, 0.1) is 40.3 Å². The topological polar surface area (TPSA) is 0 Å². The summed E-state index contributed by atoms with van der Waals surface area (Å²) in [4.78, 5) is 0. The van der Waals surface area contributed by atoms with Crippen molar-refractivity contribution in [3.8, 4) is 0 Å². The third kappa shape index (κ3) is 8.59. The van der Waals surface area contributed by atoms with Crippen LogP contribution in [0, 0.1) is 34.5 Å². The van der Waals surface area contributed by atoms with E-state index in [4.69, 9.17) is 0 Å². The summed E-state index contributed by atoms with van der Waals surface area (Å²) in [6, 6.07) is 11.0. The molecule has 0 amide bonds. The Hall–Kier alpha value is -0.860. The molecule has 1 aromatic rings. The van der Waals surface area contributed by atoms with Crippen LogP contribution in [0.15, 0.2) is 24.3 Å². The van der Waals surface area contributed by atoms with E-state index in [2.05, 4.69) is 108 Å². The average Bonchev–Trinajstić information content (AvgIpc) is 2.83. The summed E-state index contributed by atoms with van der Waals surface area (Å²) in [5.74, 6) is 3.52. The minimum atomic E-state index is 0.513. The summed E-state index contributed by atoms with van der Waals surface area (Å²) in [5.41, 5.74) is 4.00. The van der Waals surface area contributed by atoms with Crippen LogP contribution < -0.4 is 0 Å². The van der Waals surface area contributed by atoms with Gasteiger partial charge in [-0.05, 0) is 86.9 Å². The number of nitrogens with zero attached hydrogens (tertiary/aromatic N) is 2. The van der Waals surface area contributed by atoms with Crippen LogP contribution in [0.1, 0.15) is 131 Å². The van der Waals surface area contributed by atoms with Gasteiger partial charge in [0, 0.05) is 11.1 Å². The highest BCUT2D eigenvalue weighted by Gasteiger charge is 2.39. The Labute approximate surface area is 251 Å². The van der Waals surface area contributed by atoms with Gasteiger partial charge in [-0.2, -0.15) is 0 Å². The van der Waals surface area contributed by atoms with E-state index in [1.165, 1.54) is 75.3 Å². The molecule has 0 spiro atoms. The van der Waals surface area contributed by atoms with Crippen molar-refractivity contribution in [1.82, 2.24) is 0 Å². The molecule has 2 heteroatoms. The van der Waals surface area contributed by atoms with Gasteiger partial charge >= 0.3 is 0 Å². The van der Waals surface area contributed by atoms with Gasteiger partial charge in [-0.1, -0.05) is 91.5 Å². The van der Waals surface area contributed by atoms with Crippen LogP contribution in [0.3, 0.4) is 0 Å². The Morgan fingerprint density at radius 1 is 0.650 bits per heavy atom. The van der Waals surface area contributed by atoms with Gasteiger partial charge in [-0.25, -0.2) is 0 Å². The largest absolute Gasteiger partial charge is 0.323 e. The lowest BCUT2D eigenvalue weighted by Crippen LogP contribution is -2.47. The summed E-state index contributed by atoms with van der Waals surface area (Å²) < 4.78 is 2.16. The van der Waals surface area contributed by atoms with Gasteiger partial charge in [-0.15, -0.1) is 0 Å². The smallest absolute Gasteiger partial charge is 0.104 e. The lowest BCUT2D eigenvalue weighted by Gasteiger charge is -2.44. The zero-order chi connectivity index (χ0) is 29.9. The maximum atomic E-state index is 2.53.